The van der Waals surface area contributed by atoms with Crippen LogP contribution in [0.1, 0.15) is 39.7 Å². The smallest absolute Gasteiger partial charge is 0.339 e. The second-order valence-corrected chi connectivity index (χ2v) is 9.20. The topological polar surface area (TPSA) is 61.8 Å². The summed E-state index contributed by atoms with van der Waals surface area (Å²) in [6.45, 7) is 10.1. The lowest BCUT2D eigenvalue weighted by Crippen LogP contribution is -2.17. The molecule has 1 aliphatic heterocycles. The number of ether oxygens (including phenoxy) is 2. The molecule has 2 aromatic rings. The molecule has 152 valence electrons. The zero-order valence-corrected chi connectivity index (χ0v) is 18.7. The van der Waals surface area contributed by atoms with Crippen LogP contribution in [0, 0.1) is 34.6 Å². The molecule has 2 aromatic carbocycles. The molecule has 1 aliphatic rings. The van der Waals surface area contributed by atoms with E-state index < -0.39 is 16.4 Å². The van der Waals surface area contributed by atoms with E-state index in [9.17, 15) is 8.42 Å². The van der Waals surface area contributed by atoms with Gasteiger partial charge in [0.25, 0.3) is 0 Å². The van der Waals surface area contributed by atoms with Crippen molar-refractivity contribution < 1.29 is 22.1 Å². The third kappa shape index (κ3) is 3.76. The van der Waals surface area contributed by atoms with Gasteiger partial charge in [0.1, 0.15) is 4.90 Å². The van der Waals surface area contributed by atoms with Crippen molar-refractivity contribution in [1.82, 2.24) is 0 Å². The molecule has 3 rings (SSSR count). The molecule has 1 fully saturated rings. The third-order valence-corrected chi connectivity index (χ3v) is 7.28. The molecular weight excluding hydrogens is 423 g/mol. The highest BCUT2D eigenvalue weighted by Crippen LogP contribution is 2.41. The SMILES string of the molecule is Cc1c(C)c(C)c(S(=O)(=O)Oc2c(Cl)cc(Cl)cc2C2OCCO2)c(C)c1C. The maximum atomic E-state index is 13.3. The Morgan fingerprint density at radius 1 is 0.893 bits per heavy atom. The summed E-state index contributed by atoms with van der Waals surface area (Å²) >= 11 is 12.4. The minimum Gasteiger partial charge on any atom is -0.377 e. The van der Waals surface area contributed by atoms with E-state index >= 15 is 0 Å². The number of hydrogen-bond donors (Lipinski definition) is 0. The Bertz CT molecular complexity index is 1010. The predicted molar refractivity (Wildman–Crippen MR) is 109 cm³/mol. The molecule has 0 aliphatic carbocycles. The van der Waals surface area contributed by atoms with Crippen molar-refractivity contribution >= 4 is 33.3 Å². The molecule has 1 heterocycles. The van der Waals surface area contributed by atoms with E-state index in [1.165, 1.54) is 6.07 Å². The predicted octanol–water partition coefficient (Wildman–Crippen LogP) is 5.35. The normalized spacial score (nSPS) is 15.2. The standard InChI is InChI=1S/C20H22Cl2O5S/c1-10-11(2)13(4)19(14(5)12(10)3)28(23,24)27-18-16(20-25-6-7-26-20)8-15(21)9-17(18)22/h8-9,20H,6-7H2,1-5H3. The Hall–Kier alpha value is -1.31. The van der Waals surface area contributed by atoms with Crippen molar-refractivity contribution in [2.75, 3.05) is 13.2 Å². The maximum Gasteiger partial charge on any atom is 0.339 e. The minimum atomic E-state index is -4.16. The molecule has 0 amide bonds. The van der Waals surface area contributed by atoms with Crippen molar-refractivity contribution in [3.63, 3.8) is 0 Å². The molecule has 0 spiro atoms. The minimum absolute atomic E-state index is 0.0346. The average molecular weight is 445 g/mol. The van der Waals surface area contributed by atoms with E-state index in [-0.39, 0.29) is 15.7 Å². The first-order valence-corrected chi connectivity index (χ1v) is 10.9. The van der Waals surface area contributed by atoms with Crippen molar-refractivity contribution in [1.29, 1.82) is 0 Å². The van der Waals surface area contributed by atoms with E-state index in [4.69, 9.17) is 36.9 Å². The highest BCUT2D eigenvalue weighted by atomic mass is 35.5. The molecule has 5 nitrogen and oxygen atoms in total. The molecule has 28 heavy (non-hydrogen) atoms. The van der Waals surface area contributed by atoms with Crippen molar-refractivity contribution in [3.05, 3.63) is 55.6 Å². The van der Waals surface area contributed by atoms with E-state index in [2.05, 4.69) is 0 Å². The van der Waals surface area contributed by atoms with Crippen LogP contribution in [0.15, 0.2) is 17.0 Å². The van der Waals surface area contributed by atoms with Crippen molar-refractivity contribution in [3.8, 4) is 5.75 Å². The molecule has 0 aromatic heterocycles. The van der Waals surface area contributed by atoms with Gasteiger partial charge >= 0.3 is 10.1 Å². The molecule has 0 radical (unpaired) electrons. The van der Waals surface area contributed by atoms with E-state index in [1.807, 2.05) is 20.8 Å². The Labute approximate surface area is 175 Å². The fourth-order valence-corrected chi connectivity index (χ4v) is 5.51. The zero-order valence-electron chi connectivity index (χ0n) is 16.4. The van der Waals surface area contributed by atoms with Gasteiger partial charge in [0.2, 0.25) is 0 Å². The Morgan fingerprint density at radius 2 is 1.39 bits per heavy atom. The van der Waals surface area contributed by atoms with Gasteiger partial charge in [-0.3, -0.25) is 0 Å². The first-order valence-electron chi connectivity index (χ1n) is 8.78. The Balaban J connectivity index is 2.15. The van der Waals surface area contributed by atoms with Crippen LogP contribution in [0.25, 0.3) is 0 Å². The molecule has 0 unspecified atom stereocenters. The summed E-state index contributed by atoms with van der Waals surface area (Å²) in [6.07, 6.45) is -0.787. The van der Waals surface area contributed by atoms with Gasteiger partial charge in [-0.1, -0.05) is 23.2 Å². The molecule has 0 saturated carbocycles. The van der Waals surface area contributed by atoms with Crippen LogP contribution in [0.4, 0.5) is 0 Å². The monoisotopic (exact) mass is 444 g/mol. The molecule has 0 N–H and O–H groups in total. The van der Waals surface area contributed by atoms with Crippen molar-refractivity contribution in [2.24, 2.45) is 0 Å². The highest BCUT2D eigenvalue weighted by Gasteiger charge is 2.31. The lowest BCUT2D eigenvalue weighted by atomic mass is 9.95. The summed E-state index contributed by atoms with van der Waals surface area (Å²) in [4.78, 5) is 0.151. The number of benzene rings is 2. The average Bonchev–Trinajstić information content (AvgIpc) is 3.14. The first-order chi connectivity index (χ1) is 13.0. The van der Waals surface area contributed by atoms with Gasteiger partial charge in [-0.25, -0.2) is 0 Å². The van der Waals surface area contributed by atoms with E-state index in [1.54, 1.807) is 19.9 Å². The molecular formula is C20H22Cl2O5S. The van der Waals surface area contributed by atoms with Crippen LogP contribution in [-0.4, -0.2) is 21.6 Å². The van der Waals surface area contributed by atoms with Gasteiger partial charge in [-0.2, -0.15) is 8.42 Å². The molecule has 0 bridgehead atoms. The summed E-state index contributed by atoms with van der Waals surface area (Å²) < 4.78 is 43.1. The van der Waals surface area contributed by atoms with Crippen LogP contribution in [0.2, 0.25) is 10.0 Å². The highest BCUT2D eigenvalue weighted by molar-refractivity contribution is 7.87. The van der Waals surface area contributed by atoms with Crippen LogP contribution in [-0.2, 0) is 19.6 Å². The number of halogens is 2. The van der Waals surface area contributed by atoms with E-state index in [0.29, 0.717) is 34.9 Å². The van der Waals surface area contributed by atoms with Gasteiger partial charge in [0.05, 0.1) is 23.8 Å². The second-order valence-electron chi connectivity index (χ2n) is 6.87. The van der Waals surface area contributed by atoms with E-state index in [0.717, 1.165) is 16.7 Å². The largest absolute Gasteiger partial charge is 0.377 e. The van der Waals surface area contributed by atoms with Crippen LogP contribution in [0.3, 0.4) is 0 Å². The van der Waals surface area contributed by atoms with Gasteiger partial charge in [-0.05, 0) is 74.6 Å². The summed E-state index contributed by atoms with van der Waals surface area (Å²) in [5, 5.41) is 0.402. The van der Waals surface area contributed by atoms with Crippen molar-refractivity contribution in [2.45, 2.75) is 45.8 Å². The number of hydrogen-bond acceptors (Lipinski definition) is 5. The van der Waals surface area contributed by atoms with Gasteiger partial charge < -0.3 is 13.7 Å². The summed E-state index contributed by atoms with van der Waals surface area (Å²) in [5.41, 5.74) is 4.54. The van der Waals surface area contributed by atoms with Gasteiger partial charge in [0, 0.05) is 5.02 Å². The number of rotatable bonds is 4. The summed E-state index contributed by atoms with van der Waals surface area (Å²) in [5.74, 6) is -0.0346. The molecule has 0 atom stereocenters. The van der Waals surface area contributed by atoms with Crippen LogP contribution >= 0.6 is 23.2 Å². The maximum absolute atomic E-state index is 13.3. The zero-order chi connectivity index (χ0) is 20.8. The quantitative estimate of drug-likeness (QED) is 0.594. The summed E-state index contributed by atoms with van der Waals surface area (Å²) in [6, 6.07) is 2.97. The lowest BCUT2D eigenvalue weighted by Gasteiger charge is -2.21. The fraction of sp³-hybridized carbons (Fsp3) is 0.400. The molecule has 1 saturated heterocycles. The summed E-state index contributed by atoms with van der Waals surface area (Å²) in [7, 11) is -4.16. The van der Waals surface area contributed by atoms with Crippen LogP contribution in [0.5, 0.6) is 5.75 Å². The third-order valence-electron chi connectivity index (χ3n) is 5.29. The van der Waals surface area contributed by atoms with Gasteiger partial charge in [-0.15, -0.1) is 0 Å². The lowest BCUT2D eigenvalue weighted by molar-refractivity contribution is -0.0449. The second kappa shape index (κ2) is 7.84. The first kappa shape index (κ1) is 21.4. The van der Waals surface area contributed by atoms with Crippen LogP contribution < -0.4 is 4.18 Å². The Kier molecular flexibility index (Phi) is 5.99. The fourth-order valence-electron chi connectivity index (χ4n) is 3.37. The Morgan fingerprint density at radius 3 is 1.93 bits per heavy atom. The molecule has 8 heteroatoms. The van der Waals surface area contributed by atoms with Gasteiger partial charge in [0.15, 0.2) is 12.0 Å².